The smallest absolute Gasteiger partial charge is 0.248 e. The minimum Gasteiger partial charge on any atom is -0.416 e. The van der Waals surface area contributed by atoms with Crippen LogP contribution in [-0.4, -0.2) is 20.4 Å². The lowest BCUT2D eigenvalue weighted by Gasteiger charge is -2.33. The SMILES string of the molecule is CCCCCCCCC1(CCCCCCCC)c2cc(-c3ccc(-c4nnc(-c5ccccc5)o4)cc3)ccc2-c2ccc(-c3ccc(-c4nnc(-c5ccccc5)o4)cc3)cc21. The fourth-order valence-electron chi connectivity index (χ4n) is 9.62. The summed E-state index contributed by atoms with van der Waals surface area (Å²) in [5.41, 5.74) is 14.2. The molecule has 8 aromatic rings. The number of nitrogens with zero attached hydrogens (tertiary/aromatic N) is 4. The molecule has 0 atom stereocenters. The van der Waals surface area contributed by atoms with Crippen molar-refractivity contribution in [3.8, 4) is 79.2 Å². The average molecular weight is 831 g/mol. The van der Waals surface area contributed by atoms with Crippen LogP contribution in [0.5, 0.6) is 0 Å². The summed E-state index contributed by atoms with van der Waals surface area (Å²) < 4.78 is 12.2. The van der Waals surface area contributed by atoms with Crippen LogP contribution in [-0.2, 0) is 5.41 Å². The van der Waals surface area contributed by atoms with Crippen LogP contribution in [0.25, 0.3) is 79.2 Å². The molecule has 0 N–H and O–H groups in total. The summed E-state index contributed by atoms with van der Waals surface area (Å²) in [5, 5.41) is 17.5. The summed E-state index contributed by atoms with van der Waals surface area (Å²) in [5.74, 6) is 2.11. The molecule has 1 aliphatic carbocycles. The standard InChI is InChI=1S/C57H58N4O2/c1-3-5-7-9-11-19-37-57(38-20-12-10-8-6-4-2)51-39-47(41-25-29-45(30-26-41)55-60-58-53(62-55)43-21-15-13-16-22-43)33-35-49(51)50-36-34-48(40-52(50)57)42-27-31-46(32-28-42)56-61-59-54(63-56)44-23-17-14-18-24-44/h13-18,21-36,39-40H,3-12,19-20,37-38H2,1-2H3. The molecule has 0 fully saturated rings. The van der Waals surface area contributed by atoms with E-state index in [1.54, 1.807) is 0 Å². The van der Waals surface area contributed by atoms with Gasteiger partial charge in [-0.05, 0) is 118 Å². The van der Waals surface area contributed by atoms with Crippen LogP contribution >= 0.6 is 0 Å². The highest BCUT2D eigenvalue weighted by Gasteiger charge is 2.42. The molecule has 6 aromatic carbocycles. The van der Waals surface area contributed by atoms with Gasteiger partial charge >= 0.3 is 0 Å². The first-order valence-electron chi connectivity index (χ1n) is 23.4. The Morgan fingerprint density at radius 1 is 0.333 bits per heavy atom. The van der Waals surface area contributed by atoms with Gasteiger partial charge in [0.25, 0.3) is 0 Å². The molecule has 1 aliphatic rings. The molecular weight excluding hydrogens is 773 g/mol. The number of unbranched alkanes of at least 4 members (excludes halogenated alkanes) is 10. The van der Waals surface area contributed by atoms with E-state index in [9.17, 15) is 0 Å². The van der Waals surface area contributed by atoms with Crippen LogP contribution in [0.2, 0.25) is 0 Å². The fourth-order valence-corrected chi connectivity index (χ4v) is 9.62. The van der Waals surface area contributed by atoms with Crippen LogP contribution < -0.4 is 0 Å². The molecule has 6 heteroatoms. The lowest BCUT2D eigenvalue weighted by Crippen LogP contribution is -2.25. The molecule has 63 heavy (non-hydrogen) atoms. The molecule has 2 aromatic heterocycles. The van der Waals surface area contributed by atoms with Gasteiger partial charge < -0.3 is 8.83 Å². The fraction of sp³-hybridized carbons (Fsp3) is 0.298. The Labute approximate surface area is 372 Å². The van der Waals surface area contributed by atoms with E-state index in [4.69, 9.17) is 8.83 Å². The number of fused-ring (bicyclic) bond motifs is 3. The lowest BCUT2D eigenvalue weighted by molar-refractivity contribution is 0.398. The van der Waals surface area contributed by atoms with E-state index in [0.29, 0.717) is 23.6 Å². The highest BCUT2D eigenvalue weighted by atomic mass is 16.4. The molecule has 0 bridgehead atoms. The summed E-state index contributed by atoms with van der Waals surface area (Å²) in [6, 6.07) is 51.6. The number of hydrogen-bond acceptors (Lipinski definition) is 6. The van der Waals surface area contributed by atoms with Gasteiger partial charge in [0.15, 0.2) is 0 Å². The van der Waals surface area contributed by atoms with Gasteiger partial charge in [0.05, 0.1) is 0 Å². The van der Waals surface area contributed by atoms with E-state index in [2.05, 4.69) is 119 Å². The summed E-state index contributed by atoms with van der Waals surface area (Å²) in [6.45, 7) is 4.61. The number of rotatable bonds is 20. The Morgan fingerprint density at radius 2 is 0.651 bits per heavy atom. The van der Waals surface area contributed by atoms with E-state index in [0.717, 1.165) is 35.1 Å². The molecule has 0 aliphatic heterocycles. The second-order valence-electron chi connectivity index (χ2n) is 17.3. The third-order valence-electron chi connectivity index (χ3n) is 13.1. The predicted molar refractivity (Wildman–Crippen MR) is 257 cm³/mol. The van der Waals surface area contributed by atoms with E-state index in [1.165, 1.54) is 122 Å². The Kier molecular flexibility index (Phi) is 13.1. The summed E-state index contributed by atoms with van der Waals surface area (Å²) in [6.07, 6.45) is 17.7. The van der Waals surface area contributed by atoms with E-state index in [1.807, 2.05) is 60.7 Å². The molecule has 2 heterocycles. The zero-order valence-corrected chi connectivity index (χ0v) is 36.9. The number of hydrogen-bond donors (Lipinski definition) is 0. The molecule has 0 unspecified atom stereocenters. The van der Waals surface area contributed by atoms with E-state index in [-0.39, 0.29) is 5.41 Å². The third kappa shape index (κ3) is 9.22. The van der Waals surface area contributed by atoms with Crippen molar-refractivity contribution in [3.05, 3.63) is 157 Å². The molecule has 0 saturated heterocycles. The first-order valence-corrected chi connectivity index (χ1v) is 23.4. The number of benzene rings is 6. The van der Waals surface area contributed by atoms with Crippen molar-refractivity contribution < 1.29 is 8.83 Å². The van der Waals surface area contributed by atoms with Crippen LogP contribution in [0.3, 0.4) is 0 Å². The van der Waals surface area contributed by atoms with Gasteiger partial charge in [-0.3, -0.25) is 0 Å². The first-order chi connectivity index (χ1) is 31.1. The molecular formula is C57H58N4O2. The van der Waals surface area contributed by atoms with Crippen molar-refractivity contribution >= 4 is 0 Å². The van der Waals surface area contributed by atoms with E-state index < -0.39 is 0 Å². The van der Waals surface area contributed by atoms with Crippen molar-refractivity contribution in [3.63, 3.8) is 0 Å². The van der Waals surface area contributed by atoms with Crippen molar-refractivity contribution in [2.75, 3.05) is 0 Å². The molecule has 0 spiro atoms. The predicted octanol–water partition coefficient (Wildman–Crippen LogP) is 16.2. The molecule has 0 amide bonds. The van der Waals surface area contributed by atoms with Gasteiger partial charge in [-0.25, -0.2) is 0 Å². The van der Waals surface area contributed by atoms with Crippen molar-refractivity contribution in [1.29, 1.82) is 0 Å². The Morgan fingerprint density at radius 3 is 1.03 bits per heavy atom. The van der Waals surface area contributed by atoms with Crippen LogP contribution in [0, 0.1) is 0 Å². The summed E-state index contributed by atoms with van der Waals surface area (Å²) in [4.78, 5) is 0. The minimum absolute atomic E-state index is 0.0682. The molecule has 6 nitrogen and oxygen atoms in total. The van der Waals surface area contributed by atoms with Crippen LogP contribution in [0.1, 0.15) is 115 Å². The quantitative estimate of drug-likeness (QED) is 0.0712. The monoisotopic (exact) mass is 830 g/mol. The Balaban J connectivity index is 1.04. The topological polar surface area (TPSA) is 77.8 Å². The van der Waals surface area contributed by atoms with Gasteiger partial charge in [-0.1, -0.05) is 176 Å². The van der Waals surface area contributed by atoms with Crippen molar-refractivity contribution in [2.45, 2.75) is 109 Å². The van der Waals surface area contributed by atoms with Crippen molar-refractivity contribution in [1.82, 2.24) is 20.4 Å². The molecule has 0 radical (unpaired) electrons. The summed E-state index contributed by atoms with van der Waals surface area (Å²) >= 11 is 0. The van der Waals surface area contributed by atoms with Crippen molar-refractivity contribution in [2.24, 2.45) is 0 Å². The maximum absolute atomic E-state index is 6.11. The Bertz CT molecular complexity index is 2510. The normalized spacial score (nSPS) is 12.7. The Hall–Kier alpha value is -6.40. The van der Waals surface area contributed by atoms with Gasteiger partial charge in [0, 0.05) is 27.7 Å². The summed E-state index contributed by atoms with van der Waals surface area (Å²) in [7, 11) is 0. The second-order valence-corrected chi connectivity index (χ2v) is 17.3. The lowest BCUT2D eigenvalue weighted by atomic mass is 9.70. The van der Waals surface area contributed by atoms with Gasteiger partial charge in [0.1, 0.15) is 0 Å². The zero-order chi connectivity index (χ0) is 42.9. The highest BCUT2D eigenvalue weighted by Crippen LogP contribution is 2.56. The highest BCUT2D eigenvalue weighted by molar-refractivity contribution is 5.86. The van der Waals surface area contributed by atoms with Gasteiger partial charge in [0.2, 0.25) is 23.6 Å². The van der Waals surface area contributed by atoms with Gasteiger partial charge in [-0.15, -0.1) is 20.4 Å². The average Bonchev–Trinajstić information content (AvgIpc) is 4.11. The largest absolute Gasteiger partial charge is 0.416 e. The molecule has 0 saturated carbocycles. The van der Waals surface area contributed by atoms with Gasteiger partial charge in [-0.2, -0.15) is 0 Å². The minimum atomic E-state index is -0.0682. The molecule has 318 valence electrons. The van der Waals surface area contributed by atoms with Crippen LogP contribution in [0.15, 0.2) is 154 Å². The number of aromatic nitrogens is 4. The zero-order valence-electron chi connectivity index (χ0n) is 36.9. The maximum Gasteiger partial charge on any atom is 0.248 e. The van der Waals surface area contributed by atoms with E-state index >= 15 is 0 Å². The first kappa shape index (κ1) is 41.9. The molecule has 9 rings (SSSR count). The maximum atomic E-state index is 6.11. The third-order valence-corrected chi connectivity index (χ3v) is 13.1. The van der Waals surface area contributed by atoms with Crippen LogP contribution in [0.4, 0.5) is 0 Å². The second kappa shape index (κ2) is 19.8.